The van der Waals surface area contributed by atoms with E-state index in [0.29, 0.717) is 0 Å². The van der Waals surface area contributed by atoms with E-state index in [4.69, 9.17) is 9.47 Å². The summed E-state index contributed by atoms with van der Waals surface area (Å²) in [5.41, 5.74) is 0. The SMILES string of the molecule is CC1(C)OCC(CN2CCNCC2)O1. The molecule has 0 aliphatic carbocycles. The highest BCUT2D eigenvalue weighted by Gasteiger charge is 2.33. The van der Waals surface area contributed by atoms with Crippen LogP contribution in [0.15, 0.2) is 0 Å². The number of hydrogen-bond acceptors (Lipinski definition) is 4. The lowest BCUT2D eigenvalue weighted by Gasteiger charge is -2.29. The van der Waals surface area contributed by atoms with Gasteiger partial charge in [-0.15, -0.1) is 0 Å². The van der Waals surface area contributed by atoms with E-state index in [-0.39, 0.29) is 11.9 Å². The quantitative estimate of drug-likeness (QED) is 0.682. The lowest BCUT2D eigenvalue weighted by atomic mass is 10.3. The monoisotopic (exact) mass is 200 g/mol. The lowest BCUT2D eigenvalue weighted by molar-refractivity contribution is -0.140. The van der Waals surface area contributed by atoms with Crippen molar-refractivity contribution >= 4 is 0 Å². The molecule has 0 aromatic heterocycles. The molecule has 0 amide bonds. The summed E-state index contributed by atoms with van der Waals surface area (Å²) in [5.74, 6) is -0.376. The van der Waals surface area contributed by atoms with Crippen LogP contribution in [0.3, 0.4) is 0 Å². The van der Waals surface area contributed by atoms with Crippen molar-refractivity contribution in [3.63, 3.8) is 0 Å². The summed E-state index contributed by atoms with van der Waals surface area (Å²) in [5, 5.41) is 3.34. The molecule has 82 valence electrons. The van der Waals surface area contributed by atoms with Gasteiger partial charge < -0.3 is 14.8 Å². The van der Waals surface area contributed by atoms with Gasteiger partial charge in [-0.25, -0.2) is 0 Å². The van der Waals surface area contributed by atoms with Crippen LogP contribution < -0.4 is 5.32 Å². The molecule has 1 atom stereocenters. The lowest BCUT2D eigenvalue weighted by Crippen LogP contribution is -2.46. The topological polar surface area (TPSA) is 33.7 Å². The van der Waals surface area contributed by atoms with Crippen molar-refractivity contribution in [1.82, 2.24) is 10.2 Å². The normalized spacial score (nSPS) is 33.4. The van der Waals surface area contributed by atoms with Crippen molar-refractivity contribution in [1.29, 1.82) is 0 Å². The van der Waals surface area contributed by atoms with Gasteiger partial charge in [-0.05, 0) is 13.8 Å². The molecule has 4 heteroatoms. The molecule has 2 heterocycles. The van der Waals surface area contributed by atoms with Crippen LogP contribution in [0, 0.1) is 0 Å². The molecule has 0 bridgehead atoms. The van der Waals surface area contributed by atoms with E-state index in [1.807, 2.05) is 13.8 Å². The predicted molar refractivity (Wildman–Crippen MR) is 54.2 cm³/mol. The van der Waals surface area contributed by atoms with E-state index in [1.54, 1.807) is 0 Å². The standard InChI is InChI=1S/C10H20N2O2/c1-10(2)13-8-9(14-10)7-12-5-3-11-4-6-12/h9,11H,3-8H2,1-2H3. The largest absolute Gasteiger partial charge is 0.348 e. The number of ether oxygens (including phenoxy) is 2. The molecule has 0 aromatic carbocycles. The molecule has 0 saturated carbocycles. The number of nitrogens with zero attached hydrogens (tertiary/aromatic N) is 1. The summed E-state index contributed by atoms with van der Waals surface area (Å²) in [7, 11) is 0. The van der Waals surface area contributed by atoms with Gasteiger partial charge in [0.25, 0.3) is 0 Å². The Morgan fingerprint density at radius 2 is 2.07 bits per heavy atom. The van der Waals surface area contributed by atoms with Crippen molar-refractivity contribution in [2.24, 2.45) is 0 Å². The van der Waals surface area contributed by atoms with Gasteiger partial charge in [-0.3, -0.25) is 4.90 Å². The minimum absolute atomic E-state index is 0.253. The second-order valence-corrected chi connectivity index (χ2v) is 4.50. The Kier molecular flexibility index (Phi) is 3.07. The van der Waals surface area contributed by atoms with E-state index in [2.05, 4.69) is 10.2 Å². The Labute approximate surface area is 85.5 Å². The third-order valence-electron chi connectivity index (χ3n) is 2.74. The number of rotatable bonds is 2. The molecule has 14 heavy (non-hydrogen) atoms. The van der Waals surface area contributed by atoms with E-state index >= 15 is 0 Å². The van der Waals surface area contributed by atoms with Crippen LogP contribution in [0.5, 0.6) is 0 Å². The Bertz CT molecular complexity index is 191. The van der Waals surface area contributed by atoms with Crippen LogP contribution in [-0.4, -0.2) is 56.1 Å². The maximum absolute atomic E-state index is 5.77. The van der Waals surface area contributed by atoms with Crippen LogP contribution in [0.25, 0.3) is 0 Å². The predicted octanol–water partition coefficient (Wildman–Crippen LogP) is 0.0431. The summed E-state index contributed by atoms with van der Waals surface area (Å²) < 4.78 is 11.3. The number of nitrogens with one attached hydrogen (secondary N) is 1. The first-order valence-corrected chi connectivity index (χ1v) is 5.40. The molecule has 0 aromatic rings. The molecule has 1 N–H and O–H groups in total. The van der Waals surface area contributed by atoms with E-state index in [9.17, 15) is 0 Å². The molecule has 4 nitrogen and oxygen atoms in total. The summed E-state index contributed by atoms with van der Waals surface area (Å²) in [6.07, 6.45) is 0.253. The zero-order valence-corrected chi connectivity index (χ0v) is 9.08. The van der Waals surface area contributed by atoms with Crippen molar-refractivity contribution in [3.05, 3.63) is 0 Å². The van der Waals surface area contributed by atoms with Crippen molar-refractivity contribution in [2.45, 2.75) is 25.7 Å². The second kappa shape index (κ2) is 4.14. The molecule has 0 spiro atoms. The van der Waals surface area contributed by atoms with Gasteiger partial charge in [-0.2, -0.15) is 0 Å². The van der Waals surface area contributed by atoms with Crippen molar-refractivity contribution < 1.29 is 9.47 Å². The van der Waals surface area contributed by atoms with Gasteiger partial charge in [0.05, 0.1) is 12.7 Å². The van der Waals surface area contributed by atoms with Crippen molar-refractivity contribution in [3.8, 4) is 0 Å². The summed E-state index contributed by atoms with van der Waals surface area (Å²) in [4.78, 5) is 2.44. The highest BCUT2D eigenvalue weighted by Crippen LogP contribution is 2.22. The van der Waals surface area contributed by atoms with Gasteiger partial charge in [0, 0.05) is 32.7 Å². The molecule has 1 unspecified atom stereocenters. The zero-order valence-electron chi connectivity index (χ0n) is 9.08. The summed E-state index contributed by atoms with van der Waals surface area (Å²) in [6.45, 7) is 10.1. The van der Waals surface area contributed by atoms with Gasteiger partial charge in [0.15, 0.2) is 5.79 Å². The first-order chi connectivity index (χ1) is 6.66. The molecule has 2 saturated heterocycles. The maximum atomic E-state index is 5.77. The molecule has 2 fully saturated rings. The van der Waals surface area contributed by atoms with E-state index in [1.165, 1.54) is 0 Å². The maximum Gasteiger partial charge on any atom is 0.163 e. The molecular formula is C10H20N2O2. The minimum atomic E-state index is -0.376. The fraction of sp³-hybridized carbons (Fsp3) is 1.00. The first-order valence-electron chi connectivity index (χ1n) is 5.40. The summed E-state index contributed by atoms with van der Waals surface area (Å²) >= 11 is 0. The van der Waals surface area contributed by atoms with Gasteiger partial charge in [0.2, 0.25) is 0 Å². The molecule has 2 aliphatic heterocycles. The van der Waals surface area contributed by atoms with Crippen LogP contribution in [-0.2, 0) is 9.47 Å². The smallest absolute Gasteiger partial charge is 0.163 e. The third-order valence-corrected chi connectivity index (χ3v) is 2.74. The Hall–Kier alpha value is -0.160. The Balaban J connectivity index is 1.75. The fourth-order valence-corrected chi connectivity index (χ4v) is 2.03. The first kappa shape index (κ1) is 10.4. The molecule has 2 rings (SSSR count). The van der Waals surface area contributed by atoms with Crippen LogP contribution in [0.4, 0.5) is 0 Å². The number of piperazine rings is 1. The Morgan fingerprint density at radius 1 is 1.36 bits per heavy atom. The molecule has 2 aliphatic rings. The van der Waals surface area contributed by atoms with Gasteiger partial charge >= 0.3 is 0 Å². The number of hydrogen-bond donors (Lipinski definition) is 1. The van der Waals surface area contributed by atoms with Gasteiger partial charge in [-0.1, -0.05) is 0 Å². The van der Waals surface area contributed by atoms with Gasteiger partial charge in [0.1, 0.15) is 0 Å². The third kappa shape index (κ3) is 2.67. The van der Waals surface area contributed by atoms with Crippen LogP contribution in [0.2, 0.25) is 0 Å². The van der Waals surface area contributed by atoms with Crippen molar-refractivity contribution in [2.75, 3.05) is 39.3 Å². The average Bonchev–Trinajstić information content (AvgIpc) is 2.47. The zero-order chi connectivity index (χ0) is 10.0. The highest BCUT2D eigenvalue weighted by atomic mass is 16.7. The molecular weight excluding hydrogens is 180 g/mol. The highest BCUT2D eigenvalue weighted by molar-refractivity contribution is 4.77. The Morgan fingerprint density at radius 3 is 2.64 bits per heavy atom. The summed E-state index contributed by atoms with van der Waals surface area (Å²) in [6, 6.07) is 0. The second-order valence-electron chi connectivity index (χ2n) is 4.50. The minimum Gasteiger partial charge on any atom is -0.348 e. The fourth-order valence-electron chi connectivity index (χ4n) is 2.03. The molecule has 0 radical (unpaired) electrons. The van der Waals surface area contributed by atoms with Crippen LogP contribution >= 0.6 is 0 Å². The van der Waals surface area contributed by atoms with E-state index < -0.39 is 0 Å². The van der Waals surface area contributed by atoms with E-state index in [0.717, 1.165) is 39.3 Å². The average molecular weight is 200 g/mol. The van der Waals surface area contributed by atoms with Crippen LogP contribution in [0.1, 0.15) is 13.8 Å².